The summed E-state index contributed by atoms with van der Waals surface area (Å²) in [4.78, 5) is 4.71. The first kappa shape index (κ1) is 11.4. The van der Waals surface area contributed by atoms with Crippen molar-refractivity contribution in [3.63, 3.8) is 0 Å². The lowest BCUT2D eigenvalue weighted by atomic mass is 10.2. The number of benzene rings is 1. The topological polar surface area (TPSA) is 37.3 Å². The van der Waals surface area contributed by atoms with Crippen molar-refractivity contribution in [2.45, 2.75) is 0 Å². The summed E-state index contributed by atoms with van der Waals surface area (Å²) in [7, 11) is 0. The Morgan fingerprint density at radius 3 is 2.59 bits per heavy atom. The van der Waals surface area contributed by atoms with Gasteiger partial charge in [0.2, 0.25) is 0 Å². The Bertz CT molecular complexity index is 509. The summed E-state index contributed by atoms with van der Waals surface area (Å²) >= 11 is 5.19. The third kappa shape index (κ3) is 3.46. The van der Waals surface area contributed by atoms with E-state index in [0.29, 0.717) is 4.99 Å². The molecule has 17 heavy (non-hydrogen) atoms. The Kier molecular flexibility index (Phi) is 3.94. The molecule has 0 saturated carbocycles. The molecule has 0 aliphatic carbocycles. The maximum absolute atomic E-state index is 5.19. The molecule has 1 N–H and O–H groups in total. The fourth-order valence-corrected chi connectivity index (χ4v) is 1.45. The van der Waals surface area contributed by atoms with E-state index in [1.807, 2.05) is 48.5 Å². The minimum Gasteiger partial charge on any atom is -0.267 e. The number of nitrogens with one attached hydrogen (secondary N) is 1. The molecule has 0 radical (unpaired) electrons. The molecule has 84 valence electrons. The van der Waals surface area contributed by atoms with E-state index in [4.69, 9.17) is 12.2 Å². The Morgan fingerprint density at radius 2 is 1.88 bits per heavy atom. The number of hydrogen-bond acceptors (Lipinski definition) is 3. The Morgan fingerprint density at radius 1 is 1.12 bits per heavy atom. The SMILES string of the molecule is S=C(NN=Cc1ccccn1)c1ccccc1. The number of hydrogen-bond donors (Lipinski definition) is 1. The summed E-state index contributed by atoms with van der Waals surface area (Å²) in [6.07, 6.45) is 3.35. The molecular weight excluding hydrogens is 230 g/mol. The van der Waals surface area contributed by atoms with Gasteiger partial charge < -0.3 is 0 Å². The van der Waals surface area contributed by atoms with E-state index in [1.54, 1.807) is 12.4 Å². The van der Waals surface area contributed by atoms with Gasteiger partial charge in [-0.1, -0.05) is 48.6 Å². The highest BCUT2D eigenvalue weighted by Crippen LogP contribution is 1.98. The summed E-state index contributed by atoms with van der Waals surface area (Å²) in [5, 5.41) is 4.04. The number of thiocarbonyl (C=S) groups is 1. The van der Waals surface area contributed by atoms with E-state index in [1.165, 1.54) is 0 Å². The molecule has 4 heteroatoms. The van der Waals surface area contributed by atoms with E-state index in [-0.39, 0.29) is 0 Å². The molecule has 0 unspecified atom stereocenters. The number of rotatable bonds is 3. The second-order valence-corrected chi connectivity index (χ2v) is 3.73. The van der Waals surface area contributed by atoms with Crippen molar-refractivity contribution in [3.05, 3.63) is 66.0 Å². The maximum Gasteiger partial charge on any atom is 0.126 e. The second kappa shape index (κ2) is 5.86. The molecule has 0 atom stereocenters. The summed E-state index contributed by atoms with van der Waals surface area (Å²) in [5.74, 6) is 0. The Hall–Kier alpha value is -2.07. The first-order valence-corrected chi connectivity index (χ1v) is 5.56. The van der Waals surface area contributed by atoms with Crippen LogP contribution in [0.15, 0.2) is 59.8 Å². The van der Waals surface area contributed by atoms with Gasteiger partial charge >= 0.3 is 0 Å². The van der Waals surface area contributed by atoms with Crippen LogP contribution >= 0.6 is 12.2 Å². The van der Waals surface area contributed by atoms with Crippen molar-refractivity contribution in [3.8, 4) is 0 Å². The molecular formula is C13H11N3S. The molecule has 1 heterocycles. The van der Waals surface area contributed by atoms with Crippen LogP contribution in [-0.2, 0) is 0 Å². The average molecular weight is 241 g/mol. The fraction of sp³-hybridized carbons (Fsp3) is 0. The lowest BCUT2D eigenvalue weighted by molar-refractivity contribution is 1.05. The van der Waals surface area contributed by atoms with E-state index in [2.05, 4.69) is 15.5 Å². The van der Waals surface area contributed by atoms with Crippen LogP contribution in [-0.4, -0.2) is 16.2 Å². The molecule has 0 aliphatic heterocycles. The number of pyridine rings is 1. The summed E-state index contributed by atoms with van der Waals surface area (Å²) in [6.45, 7) is 0. The number of aromatic nitrogens is 1. The molecule has 1 aromatic heterocycles. The zero-order valence-electron chi connectivity index (χ0n) is 9.08. The normalized spacial score (nSPS) is 10.4. The zero-order valence-corrected chi connectivity index (χ0v) is 9.89. The van der Waals surface area contributed by atoms with Crippen LogP contribution in [0.4, 0.5) is 0 Å². The van der Waals surface area contributed by atoms with E-state index >= 15 is 0 Å². The largest absolute Gasteiger partial charge is 0.267 e. The molecule has 0 amide bonds. The second-order valence-electron chi connectivity index (χ2n) is 3.32. The molecule has 3 nitrogen and oxygen atoms in total. The number of hydrazone groups is 1. The number of nitrogens with zero attached hydrogens (tertiary/aromatic N) is 2. The van der Waals surface area contributed by atoms with E-state index < -0.39 is 0 Å². The van der Waals surface area contributed by atoms with Gasteiger partial charge in [0.1, 0.15) is 4.99 Å². The van der Waals surface area contributed by atoms with Gasteiger partial charge in [-0.25, -0.2) is 0 Å². The van der Waals surface area contributed by atoms with Gasteiger partial charge in [-0.05, 0) is 12.1 Å². The first-order chi connectivity index (χ1) is 8.36. The van der Waals surface area contributed by atoms with Crippen LogP contribution in [0.1, 0.15) is 11.3 Å². The molecule has 0 aliphatic rings. The van der Waals surface area contributed by atoms with Gasteiger partial charge in [-0.15, -0.1) is 0 Å². The predicted molar refractivity (Wildman–Crippen MR) is 73.1 cm³/mol. The summed E-state index contributed by atoms with van der Waals surface area (Å²) < 4.78 is 0. The third-order valence-electron chi connectivity index (χ3n) is 2.09. The zero-order chi connectivity index (χ0) is 11.9. The van der Waals surface area contributed by atoms with Crippen molar-refractivity contribution >= 4 is 23.4 Å². The highest BCUT2D eigenvalue weighted by Gasteiger charge is 1.96. The fourth-order valence-electron chi connectivity index (χ4n) is 1.26. The highest BCUT2D eigenvalue weighted by atomic mass is 32.1. The molecule has 0 bridgehead atoms. The smallest absolute Gasteiger partial charge is 0.126 e. The molecule has 2 aromatic rings. The van der Waals surface area contributed by atoms with Crippen LogP contribution in [0, 0.1) is 0 Å². The van der Waals surface area contributed by atoms with Crippen molar-refractivity contribution < 1.29 is 0 Å². The van der Waals surface area contributed by atoms with Crippen LogP contribution in [0.5, 0.6) is 0 Å². The van der Waals surface area contributed by atoms with Crippen molar-refractivity contribution in [1.82, 2.24) is 10.4 Å². The van der Waals surface area contributed by atoms with Crippen molar-refractivity contribution in [2.75, 3.05) is 0 Å². The van der Waals surface area contributed by atoms with Gasteiger partial charge in [0.25, 0.3) is 0 Å². The van der Waals surface area contributed by atoms with E-state index in [0.717, 1.165) is 11.3 Å². The predicted octanol–water partition coefficient (Wildman–Crippen LogP) is 2.38. The van der Waals surface area contributed by atoms with Crippen LogP contribution < -0.4 is 5.43 Å². The Labute approximate surface area is 105 Å². The third-order valence-corrected chi connectivity index (χ3v) is 2.41. The Balaban J connectivity index is 1.95. The summed E-state index contributed by atoms with van der Waals surface area (Å²) in [5.41, 5.74) is 4.54. The van der Waals surface area contributed by atoms with Gasteiger partial charge in [0.05, 0.1) is 11.9 Å². The average Bonchev–Trinajstić information content (AvgIpc) is 2.41. The molecule has 2 rings (SSSR count). The van der Waals surface area contributed by atoms with Crippen LogP contribution in [0.2, 0.25) is 0 Å². The van der Waals surface area contributed by atoms with Gasteiger partial charge in [-0.2, -0.15) is 5.10 Å². The van der Waals surface area contributed by atoms with Gasteiger partial charge in [0.15, 0.2) is 0 Å². The molecule has 1 aromatic carbocycles. The maximum atomic E-state index is 5.19. The van der Waals surface area contributed by atoms with Crippen LogP contribution in [0.3, 0.4) is 0 Å². The molecule has 0 spiro atoms. The highest BCUT2D eigenvalue weighted by molar-refractivity contribution is 7.80. The standard InChI is InChI=1S/C13H11N3S/c17-13(11-6-2-1-3-7-11)16-15-10-12-8-4-5-9-14-12/h1-10H,(H,16,17). The van der Waals surface area contributed by atoms with Crippen molar-refractivity contribution in [1.29, 1.82) is 0 Å². The first-order valence-electron chi connectivity index (χ1n) is 5.16. The van der Waals surface area contributed by atoms with E-state index in [9.17, 15) is 0 Å². The monoisotopic (exact) mass is 241 g/mol. The van der Waals surface area contributed by atoms with Crippen molar-refractivity contribution in [2.24, 2.45) is 5.10 Å². The lowest BCUT2D eigenvalue weighted by Gasteiger charge is -2.01. The van der Waals surface area contributed by atoms with Crippen LogP contribution in [0.25, 0.3) is 0 Å². The quantitative estimate of drug-likeness (QED) is 0.509. The van der Waals surface area contributed by atoms with Gasteiger partial charge in [-0.3, -0.25) is 10.4 Å². The molecule has 0 saturated heterocycles. The molecule has 0 fully saturated rings. The summed E-state index contributed by atoms with van der Waals surface area (Å²) in [6, 6.07) is 15.3. The minimum atomic E-state index is 0.595. The lowest BCUT2D eigenvalue weighted by Crippen LogP contribution is -2.16. The minimum absolute atomic E-state index is 0.595. The van der Waals surface area contributed by atoms with Gasteiger partial charge in [0, 0.05) is 11.8 Å².